The van der Waals surface area contributed by atoms with Crippen molar-refractivity contribution in [3.05, 3.63) is 27.9 Å². The van der Waals surface area contributed by atoms with Gasteiger partial charge in [-0.25, -0.2) is 9.98 Å². The Balaban J connectivity index is 2.89. The summed E-state index contributed by atoms with van der Waals surface area (Å²) in [5.41, 5.74) is 0.578. The molecule has 1 aromatic rings. The van der Waals surface area contributed by atoms with Crippen molar-refractivity contribution in [3.63, 3.8) is 0 Å². The average Bonchev–Trinajstić information content (AvgIpc) is 2.25. The predicted molar refractivity (Wildman–Crippen MR) is 62.1 cm³/mol. The minimum absolute atomic E-state index is 0.0165. The molecule has 0 N–H and O–H groups in total. The Morgan fingerprint density at radius 2 is 2.38 bits per heavy atom. The van der Waals surface area contributed by atoms with Gasteiger partial charge in [0.25, 0.3) is 5.69 Å². The van der Waals surface area contributed by atoms with Crippen LogP contribution in [-0.2, 0) is 0 Å². The molecule has 0 spiro atoms. The Morgan fingerprint density at radius 1 is 1.69 bits per heavy atom. The van der Waals surface area contributed by atoms with Gasteiger partial charge in [0.1, 0.15) is 6.20 Å². The van der Waals surface area contributed by atoms with Crippen LogP contribution in [-0.4, -0.2) is 34.7 Å². The molecule has 86 valence electrons. The Labute approximate surface area is 93.8 Å². The molecule has 0 aliphatic carbocycles. The van der Waals surface area contributed by atoms with Gasteiger partial charge < -0.3 is 4.90 Å². The quantitative estimate of drug-likeness (QED) is 0.337. The second kappa shape index (κ2) is 5.20. The van der Waals surface area contributed by atoms with Crippen molar-refractivity contribution in [3.8, 4) is 0 Å². The summed E-state index contributed by atoms with van der Waals surface area (Å²) < 4.78 is 0. The van der Waals surface area contributed by atoms with Crippen LogP contribution in [0, 0.1) is 17.0 Å². The van der Waals surface area contributed by atoms with E-state index in [1.54, 1.807) is 19.3 Å². The Bertz CT molecular complexity index is 417. The maximum atomic E-state index is 10.6. The van der Waals surface area contributed by atoms with Crippen molar-refractivity contribution >= 4 is 17.8 Å². The normalized spacial score (nSPS) is 10.7. The molecule has 0 radical (unpaired) electrons. The number of nitrogens with zero attached hydrogens (tertiary/aromatic N) is 4. The van der Waals surface area contributed by atoms with Crippen molar-refractivity contribution in [1.29, 1.82) is 0 Å². The molecule has 1 heterocycles. The molecule has 6 nitrogen and oxygen atoms in total. The van der Waals surface area contributed by atoms with Gasteiger partial charge in [-0.3, -0.25) is 10.1 Å². The summed E-state index contributed by atoms with van der Waals surface area (Å²) in [6.07, 6.45) is 2.88. The van der Waals surface area contributed by atoms with E-state index in [1.165, 1.54) is 6.20 Å². The molecule has 16 heavy (non-hydrogen) atoms. The number of hydrogen-bond acceptors (Lipinski definition) is 4. The fourth-order valence-electron chi connectivity index (χ4n) is 1.04. The fourth-order valence-corrected chi connectivity index (χ4v) is 1.04. The van der Waals surface area contributed by atoms with Crippen LogP contribution in [0.15, 0.2) is 17.3 Å². The van der Waals surface area contributed by atoms with E-state index in [9.17, 15) is 10.1 Å². The maximum Gasteiger partial charge on any atom is 0.290 e. The summed E-state index contributed by atoms with van der Waals surface area (Å²) in [4.78, 5) is 20.0. The van der Waals surface area contributed by atoms with E-state index in [-0.39, 0.29) is 5.69 Å². The Hall–Kier alpha value is -1.98. The van der Waals surface area contributed by atoms with E-state index < -0.39 is 4.92 Å². The van der Waals surface area contributed by atoms with Gasteiger partial charge in [-0.1, -0.05) is 0 Å². The first-order valence-electron chi connectivity index (χ1n) is 4.90. The second-order valence-electron chi connectivity index (χ2n) is 3.40. The van der Waals surface area contributed by atoms with Gasteiger partial charge in [0.05, 0.1) is 11.3 Å². The van der Waals surface area contributed by atoms with E-state index >= 15 is 0 Å². The number of aromatic nitrogens is 1. The zero-order valence-corrected chi connectivity index (χ0v) is 9.54. The summed E-state index contributed by atoms with van der Waals surface area (Å²) in [6, 6.07) is 1.60. The maximum absolute atomic E-state index is 10.6. The van der Waals surface area contributed by atoms with Crippen LogP contribution < -0.4 is 0 Å². The lowest BCUT2D eigenvalue weighted by Gasteiger charge is -2.07. The van der Waals surface area contributed by atoms with Gasteiger partial charge >= 0.3 is 0 Å². The number of rotatable bonds is 4. The van der Waals surface area contributed by atoms with Crippen molar-refractivity contribution in [2.45, 2.75) is 13.8 Å². The molecule has 1 aromatic heterocycles. The molecule has 0 saturated carbocycles. The Morgan fingerprint density at radius 3 is 2.88 bits per heavy atom. The van der Waals surface area contributed by atoms with Gasteiger partial charge in [-0.15, -0.1) is 0 Å². The molecule has 0 aliphatic rings. The number of hydrogen-bond donors (Lipinski definition) is 0. The minimum Gasteiger partial charge on any atom is -0.366 e. The number of nitro groups is 1. The lowest BCUT2D eigenvalue weighted by atomic mass is 10.2. The standard InChI is InChI=1S/C10H14N4O2/c1-4-13(3)7-12-10-5-8(2)9(6-11-10)14(15)16/h5-7H,4H2,1-3H3/b12-7+. The average molecular weight is 222 g/mol. The number of aliphatic imine (C=N–C) groups is 1. The molecule has 0 unspecified atom stereocenters. The smallest absolute Gasteiger partial charge is 0.290 e. The first-order chi connectivity index (χ1) is 7.54. The zero-order valence-electron chi connectivity index (χ0n) is 9.54. The van der Waals surface area contributed by atoms with Crippen molar-refractivity contribution in [2.24, 2.45) is 4.99 Å². The summed E-state index contributed by atoms with van der Waals surface area (Å²) in [7, 11) is 1.89. The van der Waals surface area contributed by atoms with Gasteiger partial charge in [0.15, 0.2) is 5.82 Å². The van der Waals surface area contributed by atoms with Crippen LogP contribution in [0.2, 0.25) is 0 Å². The topological polar surface area (TPSA) is 71.6 Å². The zero-order chi connectivity index (χ0) is 12.1. The molecule has 0 saturated heterocycles. The predicted octanol–water partition coefficient (Wildman–Crippen LogP) is 1.91. The first-order valence-corrected chi connectivity index (χ1v) is 4.90. The number of pyridine rings is 1. The summed E-state index contributed by atoms with van der Waals surface area (Å²) in [5.74, 6) is 0.475. The third-order valence-corrected chi connectivity index (χ3v) is 2.15. The molecule has 0 atom stereocenters. The van der Waals surface area contributed by atoms with E-state index in [1.807, 2.05) is 18.9 Å². The molecule has 0 fully saturated rings. The third kappa shape index (κ3) is 3.01. The molecular weight excluding hydrogens is 208 g/mol. The number of aryl methyl sites for hydroxylation is 1. The van der Waals surface area contributed by atoms with Crippen LogP contribution in [0.4, 0.5) is 11.5 Å². The van der Waals surface area contributed by atoms with Crippen molar-refractivity contribution in [2.75, 3.05) is 13.6 Å². The molecule has 0 aromatic carbocycles. The molecular formula is C10H14N4O2. The van der Waals surface area contributed by atoms with Crippen molar-refractivity contribution in [1.82, 2.24) is 9.88 Å². The van der Waals surface area contributed by atoms with Crippen LogP contribution in [0.25, 0.3) is 0 Å². The van der Waals surface area contributed by atoms with E-state index in [0.717, 1.165) is 6.54 Å². The SMILES string of the molecule is CCN(C)/C=N/c1cc(C)c([N+](=O)[O-])cn1. The third-order valence-electron chi connectivity index (χ3n) is 2.15. The highest BCUT2D eigenvalue weighted by molar-refractivity contribution is 5.60. The molecule has 0 aliphatic heterocycles. The molecule has 1 rings (SSSR count). The van der Waals surface area contributed by atoms with Crippen LogP contribution in [0.1, 0.15) is 12.5 Å². The van der Waals surface area contributed by atoms with Crippen LogP contribution in [0.5, 0.6) is 0 Å². The van der Waals surface area contributed by atoms with E-state index in [2.05, 4.69) is 9.98 Å². The lowest BCUT2D eigenvalue weighted by molar-refractivity contribution is -0.385. The monoisotopic (exact) mass is 222 g/mol. The summed E-state index contributed by atoms with van der Waals surface area (Å²) >= 11 is 0. The summed E-state index contributed by atoms with van der Waals surface area (Å²) in [6.45, 7) is 4.51. The molecule has 0 amide bonds. The van der Waals surface area contributed by atoms with Gasteiger partial charge in [0.2, 0.25) is 0 Å². The van der Waals surface area contributed by atoms with E-state index in [4.69, 9.17) is 0 Å². The van der Waals surface area contributed by atoms with Gasteiger partial charge in [-0.2, -0.15) is 0 Å². The fraction of sp³-hybridized carbons (Fsp3) is 0.400. The van der Waals surface area contributed by atoms with E-state index in [0.29, 0.717) is 11.4 Å². The second-order valence-corrected chi connectivity index (χ2v) is 3.40. The van der Waals surface area contributed by atoms with Crippen LogP contribution >= 0.6 is 0 Å². The van der Waals surface area contributed by atoms with Crippen molar-refractivity contribution < 1.29 is 4.92 Å². The molecule has 6 heteroatoms. The lowest BCUT2D eigenvalue weighted by Crippen LogP contribution is -2.14. The van der Waals surface area contributed by atoms with Crippen LogP contribution in [0.3, 0.4) is 0 Å². The first kappa shape index (κ1) is 12.1. The highest BCUT2D eigenvalue weighted by Gasteiger charge is 2.10. The molecule has 0 bridgehead atoms. The minimum atomic E-state index is -0.450. The Kier molecular flexibility index (Phi) is 3.93. The highest BCUT2D eigenvalue weighted by atomic mass is 16.6. The van der Waals surface area contributed by atoms with Gasteiger partial charge in [-0.05, 0) is 19.9 Å². The largest absolute Gasteiger partial charge is 0.366 e. The highest BCUT2D eigenvalue weighted by Crippen LogP contribution is 2.19. The summed E-state index contributed by atoms with van der Waals surface area (Å²) in [5, 5.41) is 10.6. The van der Waals surface area contributed by atoms with Gasteiger partial charge in [0, 0.05) is 19.2 Å².